The van der Waals surface area contributed by atoms with Crippen LogP contribution in [0, 0.1) is 15.9 Å². The lowest BCUT2D eigenvalue weighted by Crippen LogP contribution is -2.39. The number of fused-ring (bicyclic) bond motifs is 3. The molecule has 6 nitrogen and oxygen atoms in total. The lowest BCUT2D eigenvalue weighted by molar-refractivity contribution is -0.430. The van der Waals surface area contributed by atoms with Crippen molar-refractivity contribution in [3.8, 4) is 0 Å². The van der Waals surface area contributed by atoms with Crippen LogP contribution < -0.4 is 0 Å². The summed E-state index contributed by atoms with van der Waals surface area (Å²) >= 11 is 1.30. The molecular formula is C21H13FN2O4S. The van der Waals surface area contributed by atoms with Crippen molar-refractivity contribution >= 4 is 23.3 Å². The van der Waals surface area contributed by atoms with E-state index in [0.717, 1.165) is 0 Å². The number of allylic oxidation sites excluding steroid dienone is 2. The Balaban J connectivity index is 1.82. The van der Waals surface area contributed by atoms with Gasteiger partial charge in [-0.2, -0.15) is 0 Å². The number of Topliss-reactive ketones (excluding diaryl/α,β-unsaturated/α-hetero) is 2. The lowest BCUT2D eigenvalue weighted by atomic mass is 9.75. The van der Waals surface area contributed by atoms with E-state index in [2.05, 4.69) is 0 Å². The van der Waals surface area contributed by atoms with E-state index in [1.807, 2.05) is 0 Å². The van der Waals surface area contributed by atoms with Gasteiger partial charge >= 0.3 is 0 Å². The van der Waals surface area contributed by atoms with Crippen molar-refractivity contribution in [2.75, 3.05) is 12.3 Å². The van der Waals surface area contributed by atoms with Gasteiger partial charge in [0.2, 0.25) is 5.78 Å². The predicted molar refractivity (Wildman–Crippen MR) is 104 cm³/mol. The summed E-state index contributed by atoms with van der Waals surface area (Å²) in [5.74, 6) is -1.67. The predicted octanol–water partition coefficient (Wildman–Crippen LogP) is 3.75. The molecule has 1 saturated heterocycles. The molecule has 0 saturated carbocycles. The first-order valence-corrected chi connectivity index (χ1v) is 9.94. The number of hydrogen-bond donors (Lipinski definition) is 0. The number of ketones is 2. The second-order valence-electron chi connectivity index (χ2n) is 6.90. The highest BCUT2D eigenvalue weighted by molar-refractivity contribution is 8.03. The average molecular weight is 408 g/mol. The third-order valence-electron chi connectivity index (χ3n) is 5.38. The molecule has 2 aromatic rings. The van der Waals surface area contributed by atoms with E-state index in [-0.39, 0.29) is 28.3 Å². The Labute approximate surface area is 168 Å². The molecule has 5 rings (SSSR count). The molecule has 1 atom stereocenters. The van der Waals surface area contributed by atoms with Crippen LogP contribution in [0.1, 0.15) is 32.2 Å². The maximum Gasteiger partial charge on any atom is 0.288 e. The lowest BCUT2D eigenvalue weighted by Gasteiger charge is -2.35. The first-order chi connectivity index (χ1) is 14.0. The van der Waals surface area contributed by atoms with Gasteiger partial charge in [0.25, 0.3) is 5.70 Å². The fraction of sp³-hybridized carbons (Fsp3) is 0.143. The molecule has 0 bridgehead atoms. The van der Waals surface area contributed by atoms with Crippen LogP contribution in [0.25, 0.3) is 0 Å². The van der Waals surface area contributed by atoms with Gasteiger partial charge in [0.15, 0.2) is 10.8 Å². The number of hydrogen-bond acceptors (Lipinski definition) is 6. The highest BCUT2D eigenvalue weighted by atomic mass is 32.2. The van der Waals surface area contributed by atoms with Crippen molar-refractivity contribution in [1.29, 1.82) is 0 Å². The van der Waals surface area contributed by atoms with Gasteiger partial charge in [-0.3, -0.25) is 19.7 Å². The Morgan fingerprint density at radius 1 is 1.03 bits per heavy atom. The van der Waals surface area contributed by atoms with Crippen LogP contribution in [0.3, 0.4) is 0 Å². The number of carbonyl (C=O) groups is 2. The fourth-order valence-corrected chi connectivity index (χ4v) is 5.33. The third-order valence-corrected chi connectivity index (χ3v) is 6.47. The van der Waals surface area contributed by atoms with Crippen molar-refractivity contribution in [2.45, 2.75) is 5.92 Å². The largest absolute Gasteiger partial charge is 0.326 e. The molecule has 3 aliphatic rings. The highest BCUT2D eigenvalue weighted by Gasteiger charge is 2.51. The topological polar surface area (TPSA) is 80.5 Å². The Kier molecular flexibility index (Phi) is 3.92. The SMILES string of the molecule is O=C1C2=C(C(=O)c3ccccc31)N1CCSC1=C([N+](=O)[O-])C2c1ccc(F)cc1. The summed E-state index contributed by atoms with van der Waals surface area (Å²) in [5.41, 5.74) is 1.10. The highest BCUT2D eigenvalue weighted by Crippen LogP contribution is 2.50. The van der Waals surface area contributed by atoms with Gasteiger partial charge in [-0.05, 0) is 17.7 Å². The molecule has 1 unspecified atom stereocenters. The number of benzene rings is 2. The zero-order chi connectivity index (χ0) is 20.3. The first-order valence-electron chi connectivity index (χ1n) is 8.96. The van der Waals surface area contributed by atoms with Gasteiger partial charge in [-0.1, -0.05) is 48.2 Å². The van der Waals surface area contributed by atoms with Crippen LogP contribution in [0.2, 0.25) is 0 Å². The molecule has 2 heterocycles. The molecule has 0 amide bonds. The van der Waals surface area contributed by atoms with Gasteiger partial charge in [-0.25, -0.2) is 4.39 Å². The molecule has 0 spiro atoms. The maximum absolute atomic E-state index is 13.5. The molecule has 8 heteroatoms. The summed E-state index contributed by atoms with van der Waals surface area (Å²) in [5, 5.41) is 12.4. The van der Waals surface area contributed by atoms with Crippen LogP contribution in [0.15, 0.2) is 70.5 Å². The molecule has 2 aromatic carbocycles. The summed E-state index contributed by atoms with van der Waals surface area (Å²) < 4.78 is 13.5. The Bertz CT molecular complexity index is 1170. The smallest absolute Gasteiger partial charge is 0.288 e. The second-order valence-corrected chi connectivity index (χ2v) is 7.98. The van der Waals surface area contributed by atoms with E-state index in [1.165, 1.54) is 36.0 Å². The van der Waals surface area contributed by atoms with Gasteiger partial charge in [0.05, 0.1) is 10.6 Å². The molecule has 144 valence electrons. The van der Waals surface area contributed by atoms with Crippen molar-refractivity contribution < 1.29 is 18.9 Å². The molecule has 1 aliphatic carbocycles. The minimum Gasteiger partial charge on any atom is -0.326 e. The minimum atomic E-state index is -1.04. The third kappa shape index (κ3) is 2.49. The molecule has 0 N–H and O–H groups in total. The summed E-state index contributed by atoms with van der Waals surface area (Å²) in [6, 6.07) is 11.8. The second kappa shape index (κ2) is 6.38. The quantitative estimate of drug-likeness (QED) is 0.556. The van der Waals surface area contributed by atoms with E-state index in [9.17, 15) is 24.1 Å². The molecule has 29 heavy (non-hydrogen) atoms. The van der Waals surface area contributed by atoms with E-state index >= 15 is 0 Å². The molecular weight excluding hydrogens is 395 g/mol. The van der Waals surface area contributed by atoms with Crippen molar-refractivity contribution in [3.05, 3.63) is 103 Å². The summed E-state index contributed by atoms with van der Waals surface area (Å²) in [6.07, 6.45) is 0. The van der Waals surface area contributed by atoms with E-state index in [0.29, 0.717) is 28.5 Å². The number of thioether (sulfide) groups is 1. The summed E-state index contributed by atoms with van der Waals surface area (Å²) in [4.78, 5) is 40.0. The zero-order valence-corrected chi connectivity index (χ0v) is 15.7. The van der Waals surface area contributed by atoms with Crippen LogP contribution >= 0.6 is 11.8 Å². The van der Waals surface area contributed by atoms with E-state index in [1.54, 1.807) is 29.2 Å². The zero-order valence-electron chi connectivity index (χ0n) is 14.9. The monoisotopic (exact) mass is 408 g/mol. The van der Waals surface area contributed by atoms with Gasteiger partial charge in [0.1, 0.15) is 11.7 Å². The van der Waals surface area contributed by atoms with Crippen molar-refractivity contribution in [3.63, 3.8) is 0 Å². The molecule has 0 radical (unpaired) electrons. The van der Waals surface area contributed by atoms with Crippen molar-refractivity contribution in [2.24, 2.45) is 0 Å². The van der Waals surface area contributed by atoms with Gasteiger partial charge < -0.3 is 4.90 Å². The number of nitro groups is 1. The first kappa shape index (κ1) is 17.8. The molecule has 0 aromatic heterocycles. The van der Waals surface area contributed by atoms with Crippen LogP contribution in [-0.2, 0) is 0 Å². The van der Waals surface area contributed by atoms with Gasteiger partial charge in [0, 0.05) is 29.0 Å². The minimum absolute atomic E-state index is 0.0956. The van der Waals surface area contributed by atoms with Gasteiger partial charge in [-0.15, -0.1) is 0 Å². The van der Waals surface area contributed by atoms with E-state index in [4.69, 9.17) is 0 Å². The number of halogens is 1. The Hall–Kier alpha value is -3.26. The fourth-order valence-electron chi connectivity index (χ4n) is 4.18. The average Bonchev–Trinajstić information content (AvgIpc) is 3.20. The molecule has 2 aliphatic heterocycles. The number of carbonyl (C=O) groups excluding carboxylic acids is 2. The maximum atomic E-state index is 13.5. The van der Waals surface area contributed by atoms with Crippen LogP contribution in [0.4, 0.5) is 4.39 Å². The normalized spacial score (nSPS) is 20.6. The number of nitrogens with zero attached hydrogens (tertiary/aromatic N) is 2. The van der Waals surface area contributed by atoms with E-state index < -0.39 is 22.4 Å². The van der Waals surface area contributed by atoms with Crippen molar-refractivity contribution in [1.82, 2.24) is 4.90 Å². The molecule has 1 fully saturated rings. The Morgan fingerprint density at radius 2 is 1.69 bits per heavy atom. The van der Waals surface area contributed by atoms with Crippen LogP contribution in [0.5, 0.6) is 0 Å². The standard InChI is InChI=1S/C21H13FN2O4S/c22-12-7-5-11(6-8-12)15-16-17(23-9-10-29-21(23)18(15)24(27)28)20(26)14-4-2-1-3-13(14)19(16)25/h1-8,15H,9-10H2. The number of rotatable bonds is 2. The summed E-state index contributed by atoms with van der Waals surface area (Å²) in [6.45, 7) is 0.410. The summed E-state index contributed by atoms with van der Waals surface area (Å²) in [7, 11) is 0. The van der Waals surface area contributed by atoms with Crippen LogP contribution in [-0.4, -0.2) is 33.7 Å². The Morgan fingerprint density at radius 3 is 2.34 bits per heavy atom.